The number of aromatic hydroxyl groups is 2. The molecule has 72 heavy (non-hydrogen) atoms. The minimum atomic E-state index is -0.456. The summed E-state index contributed by atoms with van der Waals surface area (Å²) in [4.78, 5) is 55.3. The van der Waals surface area contributed by atoms with Crippen molar-refractivity contribution in [1.29, 1.82) is 0 Å². The maximum Gasteiger partial charge on any atom is 0.319 e. The van der Waals surface area contributed by atoms with Gasteiger partial charge in [0.1, 0.15) is 35.1 Å². The number of anilines is 1. The van der Waals surface area contributed by atoms with Crippen molar-refractivity contribution in [2.24, 2.45) is 5.92 Å². The van der Waals surface area contributed by atoms with Crippen LogP contribution in [-0.2, 0) is 24.4 Å². The number of hydrogen-bond acceptors (Lipinski definition) is 13. The molecule has 6 aliphatic heterocycles. The molecule has 15 nitrogen and oxygen atoms in total. The van der Waals surface area contributed by atoms with Crippen LogP contribution < -0.4 is 15.0 Å². The number of piperazine rings is 2. The maximum atomic E-state index is 16.7. The molecule has 3 aromatic carbocycles. The number of likely N-dealkylation sites (tertiary alicyclic amines) is 2. The van der Waals surface area contributed by atoms with Crippen LogP contribution in [0, 0.1) is 25.6 Å². The Kier molecular flexibility index (Phi) is 13.3. The van der Waals surface area contributed by atoms with Crippen LogP contribution in [0.2, 0.25) is 0 Å². The Labute approximate surface area is 422 Å². The first-order valence-corrected chi connectivity index (χ1v) is 26.2. The lowest BCUT2D eigenvalue weighted by Crippen LogP contribution is -2.54. The molecule has 11 rings (SSSR count). The van der Waals surface area contributed by atoms with Gasteiger partial charge >= 0.3 is 6.01 Å². The van der Waals surface area contributed by atoms with Crippen LogP contribution in [0.4, 0.5) is 10.2 Å². The predicted octanol–water partition coefficient (Wildman–Crippen LogP) is 6.59. The molecule has 0 saturated carbocycles. The fourth-order valence-corrected chi connectivity index (χ4v) is 12.4. The lowest BCUT2D eigenvalue weighted by molar-refractivity contribution is -0.139. The number of ether oxygens (including phenoxy) is 1. The molecule has 2 amide bonds. The third-order valence-electron chi connectivity index (χ3n) is 16.9. The van der Waals surface area contributed by atoms with Crippen LogP contribution in [0.3, 0.4) is 0 Å². The van der Waals surface area contributed by atoms with Crippen molar-refractivity contribution in [1.82, 2.24) is 44.8 Å². The number of phenolic OH excluding ortho intramolecular Hbond substituents is 2. The van der Waals surface area contributed by atoms with Crippen LogP contribution in [0.25, 0.3) is 22.2 Å². The Hall–Kier alpha value is -5.94. The monoisotopic (exact) mass is 981 g/mol. The Morgan fingerprint density at radius 1 is 0.861 bits per heavy atom. The van der Waals surface area contributed by atoms with E-state index in [0.29, 0.717) is 54.6 Å². The number of amides is 2. The Morgan fingerprint density at radius 2 is 1.61 bits per heavy atom. The molecule has 2 aromatic heterocycles. The van der Waals surface area contributed by atoms with E-state index in [1.165, 1.54) is 11.6 Å². The van der Waals surface area contributed by atoms with Gasteiger partial charge in [-0.1, -0.05) is 50.2 Å². The Morgan fingerprint density at radius 3 is 2.36 bits per heavy atom. The molecule has 5 aromatic rings. The van der Waals surface area contributed by atoms with Gasteiger partial charge in [0.05, 0.1) is 10.9 Å². The second-order valence-electron chi connectivity index (χ2n) is 21.9. The number of hydrogen-bond donors (Lipinski definition) is 3. The highest BCUT2D eigenvalue weighted by molar-refractivity contribution is 5.98. The van der Waals surface area contributed by atoms with Gasteiger partial charge in [0.15, 0.2) is 5.82 Å². The summed E-state index contributed by atoms with van der Waals surface area (Å²) in [5.41, 5.74) is 7.60. The molecule has 0 aliphatic carbocycles. The van der Waals surface area contributed by atoms with E-state index in [0.717, 1.165) is 125 Å². The molecule has 2 bridgehead atoms. The molecular formula is C56H69FN10O5. The summed E-state index contributed by atoms with van der Waals surface area (Å²) in [6.07, 6.45) is 6.56. The normalized spacial score (nSPS) is 23.2. The molecular weight excluding hydrogens is 912 g/mol. The summed E-state index contributed by atoms with van der Waals surface area (Å²) in [6, 6.07) is 16.6. The first-order chi connectivity index (χ1) is 34.7. The minimum absolute atomic E-state index is 0.00451. The van der Waals surface area contributed by atoms with Gasteiger partial charge < -0.3 is 35.0 Å². The number of carbonyl (C=O) groups is 2. The number of benzene rings is 3. The number of piperidine rings is 1. The van der Waals surface area contributed by atoms with Crippen molar-refractivity contribution in [3.8, 4) is 28.8 Å². The van der Waals surface area contributed by atoms with Crippen LogP contribution in [0.15, 0.2) is 54.7 Å². The summed E-state index contributed by atoms with van der Waals surface area (Å²) < 4.78 is 23.2. The molecule has 2 unspecified atom stereocenters. The van der Waals surface area contributed by atoms with Crippen molar-refractivity contribution in [2.75, 3.05) is 77.5 Å². The van der Waals surface area contributed by atoms with E-state index in [1.54, 1.807) is 17.2 Å². The van der Waals surface area contributed by atoms with E-state index in [9.17, 15) is 19.8 Å². The zero-order valence-electron chi connectivity index (χ0n) is 42.4. The van der Waals surface area contributed by atoms with Crippen molar-refractivity contribution < 1.29 is 28.9 Å². The fourth-order valence-electron chi connectivity index (χ4n) is 12.4. The first-order valence-electron chi connectivity index (χ1n) is 26.2. The average Bonchev–Trinajstić information content (AvgIpc) is 4.08. The topological polar surface area (TPSA) is 154 Å². The standard InChI is InChI=1S/C56H69FN10O5/c1-33(2)45-23-46(49(69)24-48(45)68)55(71)67-27-38-10-9-36(21-39(38)28-67)26-63-15-13-37(14-16-63)54(70)65-19-17-64(18-20-65)42-22-43(62(5)31-42)32-72-56-60-52-47(53(61-56)66-29-40-11-12-41(30-66)59-40)25-58-51(50(52)57)44-8-6-7-34(3)35(44)4/h6-10,21,23-25,33,37,40-43,59,68-69H,11-20,22,26-32H2,1-5H3/t40?,41?,42-,43-/m0/s1. The highest BCUT2D eigenvalue weighted by Gasteiger charge is 2.39. The summed E-state index contributed by atoms with van der Waals surface area (Å²) in [5, 5.41) is 25.2. The number of pyridine rings is 1. The average molecular weight is 981 g/mol. The highest BCUT2D eigenvalue weighted by Crippen LogP contribution is 2.38. The van der Waals surface area contributed by atoms with Gasteiger partial charge in [0, 0.05) is 113 Å². The molecule has 380 valence electrons. The molecule has 16 heteroatoms. The molecule has 4 atom stereocenters. The Balaban J connectivity index is 0.667. The van der Waals surface area contributed by atoms with E-state index < -0.39 is 5.82 Å². The lowest BCUT2D eigenvalue weighted by atomic mass is 9.94. The van der Waals surface area contributed by atoms with Crippen LogP contribution >= 0.6 is 0 Å². The lowest BCUT2D eigenvalue weighted by Gasteiger charge is -2.40. The minimum Gasteiger partial charge on any atom is -0.508 e. The predicted molar refractivity (Wildman–Crippen MR) is 275 cm³/mol. The van der Waals surface area contributed by atoms with Gasteiger partial charge in [-0.25, -0.2) is 4.39 Å². The number of nitrogens with zero attached hydrogens (tertiary/aromatic N) is 9. The number of phenols is 2. The van der Waals surface area contributed by atoms with Crippen molar-refractivity contribution >= 4 is 28.5 Å². The number of likely N-dealkylation sites (N-methyl/N-ethyl adjacent to an activating group) is 1. The quantitative estimate of drug-likeness (QED) is 0.131. The molecule has 8 heterocycles. The van der Waals surface area contributed by atoms with Gasteiger partial charge in [-0.2, -0.15) is 9.97 Å². The fraction of sp³-hybridized carbons (Fsp3) is 0.518. The maximum absolute atomic E-state index is 16.7. The van der Waals surface area contributed by atoms with E-state index in [4.69, 9.17) is 14.7 Å². The van der Waals surface area contributed by atoms with Crippen LogP contribution in [0.1, 0.15) is 95.6 Å². The van der Waals surface area contributed by atoms with Crippen molar-refractivity contribution in [2.45, 2.75) is 110 Å². The smallest absolute Gasteiger partial charge is 0.319 e. The summed E-state index contributed by atoms with van der Waals surface area (Å²) >= 11 is 0. The van der Waals surface area contributed by atoms with E-state index in [-0.39, 0.29) is 64.0 Å². The van der Waals surface area contributed by atoms with E-state index in [2.05, 4.69) is 60.0 Å². The Bertz CT molecular complexity index is 2870. The molecule has 0 spiro atoms. The summed E-state index contributed by atoms with van der Waals surface area (Å²) in [5.74, 6) is 0.0817. The number of aromatic nitrogens is 3. The third kappa shape index (κ3) is 9.46. The van der Waals surface area contributed by atoms with Crippen molar-refractivity contribution in [3.05, 3.63) is 99.5 Å². The number of carbonyl (C=O) groups excluding carboxylic acids is 2. The largest absolute Gasteiger partial charge is 0.508 e. The van der Waals surface area contributed by atoms with E-state index in [1.807, 2.05) is 45.9 Å². The van der Waals surface area contributed by atoms with Gasteiger partial charge in [0.25, 0.3) is 5.91 Å². The zero-order chi connectivity index (χ0) is 49.9. The van der Waals surface area contributed by atoms with Crippen LogP contribution in [0.5, 0.6) is 17.5 Å². The number of nitrogens with one attached hydrogen (secondary N) is 1. The number of fused-ring (bicyclic) bond motifs is 4. The molecule has 3 N–H and O–H groups in total. The molecule has 5 saturated heterocycles. The zero-order valence-corrected chi connectivity index (χ0v) is 42.4. The molecule has 0 radical (unpaired) electrons. The molecule has 5 fully saturated rings. The second kappa shape index (κ2) is 19.8. The number of rotatable bonds is 11. The highest BCUT2D eigenvalue weighted by atomic mass is 19.1. The molecule has 6 aliphatic rings. The van der Waals surface area contributed by atoms with Gasteiger partial charge in [-0.3, -0.25) is 29.3 Å². The van der Waals surface area contributed by atoms with E-state index >= 15 is 4.39 Å². The van der Waals surface area contributed by atoms with Gasteiger partial charge in [0.2, 0.25) is 5.91 Å². The third-order valence-corrected chi connectivity index (χ3v) is 16.9. The summed E-state index contributed by atoms with van der Waals surface area (Å²) in [6.45, 7) is 17.4. The number of aryl methyl sites for hydroxylation is 1. The van der Waals surface area contributed by atoms with Gasteiger partial charge in [-0.15, -0.1) is 0 Å². The summed E-state index contributed by atoms with van der Waals surface area (Å²) in [7, 11) is 2.14. The SMILES string of the molecule is Cc1cccc(-c2ncc3c(N4CC5CCC(C4)N5)nc(OC[C@@H]4C[C@H](N5CCN(C(=O)C6CCN(Cc7ccc8c(c7)CN(C(=O)c7cc(C(C)C)c(O)cc7O)C8)CC6)CC5)CN4C)nc3c2F)c1C. The number of halogens is 1. The van der Waals surface area contributed by atoms with Crippen molar-refractivity contribution in [3.63, 3.8) is 0 Å². The van der Waals surface area contributed by atoms with Crippen LogP contribution in [-0.4, -0.2) is 158 Å². The second-order valence-corrected chi connectivity index (χ2v) is 21.9. The van der Waals surface area contributed by atoms with Gasteiger partial charge in [-0.05, 0) is 111 Å². The first kappa shape index (κ1) is 48.3.